The number of hydrogen-bond donors (Lipinski definition) is 5. The number of amides is 1. The van der Waals surface area contributed by atoms with Gasteiger partial charge < -0.3 is 29.7 Å². The number of aryl methyl sites for hydroxylation is 4. The second-order valence-electron chi connectivity index (χ2n) is 20.9. The number of alkyl carbamates (subject to hydrolysis) is 1. The number of anilines is 2. The molecule has 8 aromatic carbocycles. The van der Waals surface area contributed by atoms with Crippen LogP contribution in [-0.2, 0) is 70.3 Å². The monoisotopic (exact) mass is 1170 g/mol. The number of hydrogen-bond acceptors (Lipinski definition) is 11. The van der Waals surface area contributed by atoms with E-state index in [0.29, 0.717) is 55.0 Å². The molecule has 440 valence electrons. The molecular weight excluding hydrogens is 1100 g/mol. The van der Waals surface area contributed by atoms with Gasteiger partial charge in [0.1, 0.15) is 31.3 Å². The van der Waals surface area contributed by atoms with Crippen LogP contribution in [0.2, 0.25) is 0 Å². The van der Waals surface area contributed by atoms with Gasteiger partial charge >= 0.3 is 6.09 Å². The van der Waals surface area contributed by atoms with Gasteiger partial charge in [0, 0.05) is 19.6 Å². The molecule has 0 unspecified atom stereocenters. The fourth-order valence-corrected chi connectivity index (χ4v) is 11.7. The summed E-state index contributed by atoms with van der Waals surface area (Å²) < 4.78 is 78.0. The molecule has 8 rings (SSSR count). The van der Waals surface area contributed by atoms with Crippen molar-refractivity contribution in [2.45, 2.75) is 83.4 Å². The first-order valence-electron chi connectivity index (χ1n) is 28.6. The Balaban J connectivity index is 0.954. The fourth-order valence-electron chi connectivity index (χ4n) is 9.54. The number of unbranched alkanes of at least 4 members (excludes halogenated alkanes) is 2. The lowest BCUT2D eigenvalue weighted by Gasteiger charge is -2.28. The smallest absolute Gasteiger partial charge is 0.407 e. The summed E-state index contributed by atoms with van der Waals surface area (Å²) in [6.45, 7) is 1.74. The van der Waals surface area contributed by atoms with Crippen molar-refractivity contribution in [2.75, 3.05) is 47.1 Å². The Morgan fingerprint density at radius 3 is 1.21 bits per heavy atom. The number of benzene rings is 8. The molecule has 0 fully saturated rings. The SMILES string of the molecule is O=C(NCCCCc1ccc(CCCCN(C[C@H](O)c2ccc(OCc3ccccc3)c(NS(=O)(=O)CCc3ccccc3)c2)C[C@H](O)c2ccc(OCc3ccccc3)c(NS(=O)(=O)CCc3ccccc3)c2)cc1)OCc1ccccc1. The number of nitrogens with one attached hydrogen (secondary N) is 3. The zero-order valence-electron chi connectivity index (χ0n) is 47.3. The van der Waals surface area contributed by atoms with Crippen LogP contribution in [0.3, 0.4) is 0 Å². The molecule has 14 nitrogen and oxygen atoms in total. The van der Waals surface area contributed by atoms with Crippen LogP contribution >= 0.6 is 0 Å². The van der Waals surface area contributed by atoms with E-state index >= 15 is 0 Å². The lowest BCUT2D eigenvalue weighted by molar-refractivity contribution is 0.0678. The summed E-state index contributed by atoms with van der Waals surface area (Å²) in [5.74, 6) is 0.243. The topological polar surface area (TPSA) is 193 Å². The van der Waals surface area contributed by atoms with Crippen LogP contribution < -0.4 is 24.2 Å². The Morgan fingerprint density at radius 1 is 0.429 bits per heavy atom. The van der Waals surface area contributed by atoms with E-state index in [4.69, 9.17) is 14.2 Å². The lowest BCUT2D eigenvalue weighted by Crippen LogP contribution is -2.34. The Hall–Kier alpha value is -7.99. The zero-order chi connectivity index (χ0) is 58.8. The van der Waals surface area contributed by atoms with Gasteiger partial charge in [-0.1, -0.05) is 188 Å². The summed E-state index contributed by atoms with van der Waals surface area (Å²) in [6.07, 6.45) is 2.79. The molecule has 84 heavy (non-hydrogen) atoms. The maximum absolute atomic E-state index is 13.7. The molecule has 0 aromatic heterocycles. The van der Waals surface area contributed by atoms with Crippen LogP contribution in [0, 0.1) is 0 Å². The highest BCUT2D eigenvalue weighted by Crippen LogP contribution is 2.33. The van der Waals surface area contributed by atoms with Crippen molar-refractivity contribution in [3.8, 4) is 11.5 Å². The van der Waals surface area contributed by atoms with E-state index in [9.17, 15) is 31.8 Å². The zero-order valence-corrected chi connectivity index (χ0v) is 48.9. The van der Waals surface area contributed by atoms with Gasteiger partial charge in [-0.15, -0.1) is 0 Å². The first-order chi connectivity index (χ1) is 40.8. The van der Waals surface area contributed by atoms with Crippen LogP contribution in [0.1, 0.15) is 88.0 Å². The number of aliphatic hydroxyl groups excluding tert-OH is 2. The first-order valence-corrected chi connectivity index (χ1v) is 31.9. The predicted molar refractivity (Wildman–Crippen MR) is 333 cm³/mol. The summed E-state index contributed by atoms with van der Waals surface area (Å²) in [4.78, 5) is 14.1. The van der Waals surface area contributed by atoms with Gasteiger partial charge in [-0.25, -0.2) is 21.6 Å². The number of carbonyl (C=O) groups excluding carboxylic acids is 1. The van der Waals surface area contributed by atoms with E-state index in [1.54, 1.807) is 36.4 Å². The second kappa shape index (κ2) is 32.2. The molecule has 0 aliphatic rings. The van der Waals surface area contributed by atoms with Gasteiger partial charge in [-0.2, -0.15) is 0 Å². The minimum Gasteiger partial charge on any atom is -0.487 e. The van der Waals surface area contributed by atoms with Gasteiger partial charge in [-0.05, 0) is 132 Å². The van der Waals surface area contributed by atoms with Crippen molar-refractivity contribution < 1.29 is 46.1 Å². The molecule has 0 bridgehead atoms. The van der Waals surface area contributed by atoms with Crippen LogP contribution in [0.4, 0.5) is 16.2 Å². The van der Waals surface area contributed by atoms with Gasteiger partial charge in [-0.3, -0.25) is 14.3 Å². The molecular formula is C68H76N4O10S2. The van der Waals surface area contributed by atoms with Crippen LogP contribution in [0.5, 0.6) is 11.5 Å². The van der Waals surface area contributed by atoms with Gasteiger partial charge in [0.15, 0.2) is 0 Å². The molecule has 0 aliphatic heterocycles. The summed E-state index contributed by atoms with van der Waals surface area (Å²) in [7, 11) is -7.77. The average molecular weight is 1170 g/mol. The second-order valence-corrected chi connectivity index (χ2v) is 24.6. The van der Waals surface area contributed by atoms with Gasteiger partial charge in [0.2, 0.25) is 20.0 Å². The summed E-state index contributed by atoms with van der Waals surface area (Å²) >= 11 is 0. The standard InChI is InChI=1S/C68H76N4O10S2/c73-64(60-36-38-66(80-50-57-26-10-3-11-27-57)62(46-60)70-83(76,77)44-40-53-20-6-1-7-21-53)48-72(43-19-17-25-56-34-32-55(33-35-56)24-16-18-42-69-68(75)82-52-59-30-14-5-15-31-59)49-65(74)61-37-39-67(81-51-58-28-12-4-13-29-58)63(47-61)71-84(78,79)45-41-54-22-8-2-9-23-54/h1-15,20-23,26-39,46-47,64-65,70-71,73-74H,16-19,24-25,40-45,48-52H2,(H,69,75)/t64-,65-/m0/s1. The fraction of sp³-hybridized carbons (Fsp3) is 0.279. The molecule has 0 radical (unpaired) electrons. The van der Waals surface area contributed by atoms with Gasteiger partial charge in [0.05, 0.1) is 35.1 Å². The molecule has 1 amide bonds. The third-order valence-corrected chi connectivity index (χ3v) is 16.8. The molecule has 8 aromatic rings. The molecule has 0 spiro atoms. The number of sulfonamides is 2. The van der Waals surface area contributed by atoms with Crippen LogP contribution in [0.15, 0.2) is 212 Å². The van der Waals surface area contributed by atoms with E-state index < -0.39 is 38.3 Å². The highest BCUT2D eigenvalue weighted by molar-refractivity contribution is 7.93. The minimum absolute atomic E-state index is 0.0673. The van der Waals surface area contributed by atoms with Crippen molar-refractivity contribution in [1.82, 2.24) is 10.2 Å². The van der Waals surface area contributed by atoms with Crippen LogP contribution in [0.25, 0.3) is 0 Å². The quantitative estimate of drug-likeness (QED) is 0.0241. The normalized spacial score (nSPS) is 12.3. The molecule has 2 atom stereocenters. The van der Waals surface area contributed by atoms with Crippen molar-refractivity contribution in [1.29, 1.82) is 0 Å². The van der Waals surface area contributed by atoms with E-state index in [0.717, 1.165) is 59.9 Å². The Morgan fingerprint density at radius 2 is 0.798 bits per heavy atom. The summed E-state index contributed by atoms with van der Waals surface area (Å²) in [5, 5.41) is 27.1. The number of carbonyl (C=O) groups is 1. The van der Waals surface area contributed by atoms with Crippen molar-refractivity contribution >= 4 is 37.5 Å². The molecule has 0 heterocycles. The third-order valence-electron chi connectivity index (χ3n) is 14.2. The maximum Gasteiger partial charge on any atom is 0.407 e. The third kappa shape index (κ3) is 21.3. The molecule has 0 aliphatic carbocycles. The maximum atomic E-state index is 13.7. The first kappa shape index (κ1) is 62.1. The largest absolute Gasteiger partial charge is 0.487 e. The number of aliphatic hydroxyl groups is 2. The Bertz CT molecular complexity index is 3300. The number of ether oxygens (including phenoxy) is 3. The van der Waals surface area contributed by atoms with Crippen molar-refractivity contribution in [3.05, 3.63) is 262 Å². The lowest BCUT2D eigenvalue weighted by atomic mass is 10.0. The van der Waals surface area contributed by atoms with Crippen LogP contribution in [-0.4, -0.2) is 75.7 Å². The highest BCUT2D eigenvalue weighted by Gasteiger charge is 2.23. The number of rotatable bonds is 34. The molecule has 0 saturated carbocycles. The molecule has 0 saturated heterocycles. The molecule has 5 N–H and O–H groups in total. The van der Waals surface area contributed by atoms with E-state index in [1.165, 1.54) is 11.1 Å². The minimum atomic E-state index is -3.88. The van der Waals surface area contributed by atoms with E-state index in [-0.39, 0.29) is 55.8 Å². The summed E-state index contributed by atoms with van der Waals surface area (Å²) in [6, 6.07) is 66.0. The Kier molecular flexibility index (Phi) is 23.8. The Labute approximate surface area is 495 Å². The summed E-state index contributed by atoms with van der Waals surface area (Å²) in [5.41, 5.74) is 8.12. The van der Waals surface area contributed by atoms with E-state index in [1.807, 2.05) is 157 Å². The van der Waals surface area contributed by atoms with Gasteiger partial charge in [0.25, 0.3) is 0 Å². The predicted octanol–water partition coefficient (Wildman–Crippen LogP) is 12.2. The van der Waals surface area contributed by atoms with Crippen molar-refractivity contribution in [2.24, 2.45) is 0 Å². The molecule has 16 heteroatoms. The van der Waals surface area contributed by atoms with E-state index in [2.05, 4.69) is 39.0 Å². The average Bonchev–Trinajstić information content (AvgIpc) is 3.69. The number of nitrogens with zero attached hydrogens (tertiary/aromatic N) is 1. The van der Waals surface area contributed by atoms with Crippen molar-refractivity contribution in [3.63, 3.8) is 0 Å². The highest BCUT2D eigenvalue weighted by atomic mass is 32.2.